The predicted molar refractivity (Wildman–Crippen MR) is 20.8 cm³/mol. The van der Waals surface area contributed by atoms with Crippen LogP contribution in [0.15, 0.2) is 0 Å². The van der Waals surface area contributed by atoms with Gasteiger partial charge in [0.25, 0.3) is 0 Å². The van der Waals surface area contributed by atoms with Gasteiger partial charge in [0.15, 0.2) is 0 Å². The van der Waals surface area contributed by atoms with Gasteiger partial charge in [0.1, 0.15) is 0 Å². The Balaban J connectivity index is 2.85. The lowest BCUT2D eigenvalue weighted by Crippen LogP contribution is -1.82. The molecule has 0 rings (SSSR count). The molecule has 0 bridgehead atoms. The van der Waals surface area contributed by atoms with E-state index in [2.05, 4.69) is 17.1 Å². The fourth-order valence-corrected chi connectivity index (χ4v) is 0. The van der Waals surface area contributed by atoms with Crippen LogP contribution in [0, 0.1) is 0 Å². The number of rotatable bonds is 0. The predicted octanol–water partition coefficient (Wildman–Crippen LogP) is 0.394. The molecule has 0 aliphatic rings. The molecule has 0 radical (unpaired) electrons. The van der Waals surface area contributed by atoms with Gasteiger partial charge in [-0.25, -0.2) is 0 Å². The molecule has 0 saturated carbocycles. The van der Waals surface area contributed by atoms with Crippen molar-refractivity contribution in [1.29, 1.82) is 0 Å². The summed E-state index contributed by atoms with van der Waals surface area (Å²) in [5.41, 5.74) is 0. The van der Waals surface area contributed by atoms with Crippen LogP contribution in [0.5, 0.6) is 0 Å². The highest BCUT2D eigenvalue weighted by atomic mass is 32.1. The van der Waals surface area contributed by atoms with E-state index in [1.165, 1.54) is 6.92 Å². The molecule has 0 N–H and O–H groups in total. The van der Waals surface area contributed by atoms with Gasteiger partial charge in [0.2, 0.25) is 0 Å². The van der Waals surface area contributed by atoms with E-state index in [-0.39, 0.29) is 5.97 Å². The molecule has 30 valence electrons. The highest BCUT2D eigenvalue weighted by Gasteiger charge is 1.77. The Morgan fingerprint density at radius 2 is 2.20 bits per heavy atom. The Labute approximate surface area is 35.7 Å². The molecule has 0 fully saturated rings. The monoisotopic (exact) mass is 92.0 g/mol. The molecular formula is C2H4O2S. The highest BCUT2D eigenvalue weighted by Crippen LogP contribution is 1.74. The Morgan fingerprint density at radius 1 is 2.00 bits per heavy atom. The molecule has 0 aromatic rings. The lowest BCUT2D eigenvalue weighted by Gasteiger charge is -1.77. The fourth-order valence-electron chi connectivity index (χ4n) is 0. The topological polar surface area (TPSA) is 26.3 Å². The molecule has 0 aromatic carbocycles. The number of hydrogen-bond acceptors (Lipinski definition) is 3. The first-order valence-electron chi connectivity index (χ1n) is 1.09. The zero-order chi connectivity index (χ0) is 4.28. The Kier molecular flexibility index (Phi) is 2.01. The number of carbonyl (C=O) groups excluding carboxylic acids is 1. The normalized spacial score (nSPS) is 6.80. The van der Waals surface area contributed by atoms with Crippen LogP contribution in [0.3, 0.4) is 0 Å². The quantitative estimate of drug-likeness (QED) is 0.345. The van der Waals surface area contributed by atoms with Crippen LogP contribution in [0.1, 0.15) is 6.92 Å². The first-order valence-corrected chi connectivity index (χ1v) is 1.46. The van der Waals surface area contributed by atoms with E-state index in [1.807, 2.05) is 0 Å². The van der Waals surface area contributed by atoms with E-state index in [1.54, 1.807) is 0 Å². The average Bonchev–Trinajstić information content (AvgIpc) is 1.38. The zero-order valence-electron chi connectivity index (χ0n) is 2.76. The van der Waals surface area contributed by atoms with Crippen LogP contribution in [-0.4, -0.2) is 5.97 Å². The van der Waals surface area contributed by atoms with Crippen LogP contribution in [0.2, 0.25) is 0 Å². The van der Waals surface area contributed by atoms with Gasteiger partial charge in [-0.15, -0.1) is 0 Å². The standard InChI is InChI=1S/C2H4O2S/c1-2(3)4-5/h5H,1H3. The first kappa shape index (κ1) is 4.82. The molecular weight excluding hydrogens is 88.1 g/mol. The van der Waals surface area contributed by atoms with Crippen molar-refractivity contribution >= 4 is 18.9 Å². The molecule has 5 heavy (non-hydrogen) atoms. The summed E-state index contributed by atoms with van der Waals surface area (Å²) in [5, 5.41) is 0. The van der Waals surface area contributed by atoms with Gasteiger partial charge in [-0.3, -0.25) is 4.79 Å². The van der Waals surface area contributed by atoms with Crippen molar-refractivity contribution in [2.45, 2.75) is 6.92 Å². The van der Waals surface area contributed by atoms with Crippen molar-refractivity contribution in [2.24, 2.45) is 0 Å². The van der Waals surface area contributed by atoms with E-state index in [0.29, 0.717) is 0 Å². The molecule has 0 unspecified atom stereocenters. The summed E-state index contributed by atoms with van der Waals surface area (Å²) in [7, 11) is 0. The van der Waals surface area contributed by atoms with Gasteiger partial charge in [0.05, 0.1) is 0 Å². The summed E-state index contributed by atoms with van der Waals surface area (Å²) in [5.74, 6) is -0.381. The minimum absolute atomic E-state index is 0.381. The second kappa shape index (κ2) is 2.08. The van der Waals surface area contributed by atoms with E-state index in [4.69, 9.17) is 0 Å². The molecule has 0 amide bonds. The molecule has 0 heterocycles. The lowest BCUT2D eigenvalue weighted by molar-refractivity contribution is -0.130. The van der Waals surface area contributed by atoms with Crippen molar-refractivity contribution in [1.82, 2.24) is 0 Å². The SMILES string of the molecule is CC(=O)OS. The van der Waals surface area contributed by atoms with E-state index < -0.39 is 0 Å². The largest absolute Gasteiger partial charge is 0.395 e. The first-order chi connectivity index (χ1) is 2.27. The minimum Gasteiger partial charge on any atom is -0.395 e. The van der Waals surface area contributed by atoms with Crippen LogP contribution < -0.4 is 0 Å². The minimum atomic E-state index is -0.381. The fraction of sp³-hybridized carbons (Fsp3) is 0.500. The summed E-state index contributed by atoms with van der Waals surface area (Å²) in [6.45, 7) is 1.28. The molecule has 2 nitrogen and oxygen atoms in total. The Morgan fingerprint density at radius 3 is 2.20 bits per heavy atom. The Hall–Kier alpha value is -0.180. The summed E-state index contributed by atoms with van der Waals surface area (Å²) in [6, 6.07) is 0. The van der Waals surface area contributed by atoms with Crippen molar-refractivity contribution in [2.75, 3.05) is 0 Å². The highest BCUT2D eigenvalue weighted by molar-refractivity contribution is 7.75. The molecule has 3 heteroatoms. The number of carbonyl (C=O) groups is 1. The third-order valence-electron chi connectivity index (χ3n) is 0.129. The van der Waals surface area contributed by atoms with Crippen molar-refractivity contribution < 1.29 is 8.98 Å². The summed E-state index contributed by atoms with van der Waals surface area (Å²) >= 11 is 3.17. The number of hydrogen-bond donors (Lipinski definition) is 1. The van der Waals surface area contributed by atoms with Gasteiger partial charge >= 0.3 is 5.97 Å². The molecule has 0 aliphatic carbocycles. The van der Waals surface area contributed by atoms with Crippen LogP contribution >= 0.6 is 12.9 Å². The van der Waals surface area contributed by atoms with Crippen molar-refractivity contribution in [3.63, 3.8) is 0 Å². The third-order valence-corrected chi connectivity index (χ3v) is 0.386. The van der Waals surface area contributed by atoms with Gasteiger partial charge in [0, 0.05) is 19.8 Å². The number of thiol groups is 1. The van der Waals surface area contributed by atoms with Gasteiger partial charge in [-0.1, -0.05) is 0 Å². The maximum atomic E-state index is 9.51. The lowest BCUT2D eigenvalue weighted by atomic mass is 10.9. The van der Waals surface area contributed by atoms with Crippen molar-refractivity contribution in [3.05, 3.63) is 0 Å². The summed E-state index contributed by atoms with van der Waals surface area (Å²) in [6.07, 6.45) is 0. The van der Waals surface area contributed by atoms with Crippen LogP contribution in [0.4, 0.5) is 0 Å². The third kappa shape index (κ3) is 3.82. The molecule has 0 spiro atoms. The summed E-state index contributed by atoms with van der Waals surface area (Å²) in [4.78, 5) is 9.51. The second-order valence-corrected chi connectivity index (χ2v) is 0.765. The van der Waals surface area contributed by atoms with E-state index >= 15 is 0 Å². The molecule has 0 saturated heterocycles. The maximum Gasteiger partial charge on any atom is 0.314 e. The van der Waals surface area contributed by atoms with Gasteiger partial charge < -0.3 is 4.18 Å². The van der Waals surface area contributed by atoms with Gasteiger partial charge in [-0.05, 0) is 0 Å². The van der Waals surface area contributed by atoms with Crippen LogP contribution in [-0.2, 0) is 8.98 Å². The smallest absolute Gasteiger partial charge is 0.314 e. The molecule has 0 aromatic heterocycles. The molecule has 0 atom stereocenters. The second-order valence-electron chi connectivity index (χ2n) is 0.583. The maximum absolute atomic E-state index is 9.51. The molecule has 0 aliphatic heterocycles. The average molecular weight is 92.1 g/mol. The van der Waals surface area contributed by atoms with Crippen LogP contribution in [0.25, 0.3) is 0 Å². The Bertz CT molecular complexity index is 42.9. The van der Waals surface area contributed by atoms with Gasteiger partial charge in [-0.2, -0.15) is 0 Å². The van der Waals surface area contributed by atoms with E-state index in [0.717, 1.165) is 0 Å². The van der Waals surface area contributed by atoms with Crippen molar-refractivity contribution in [3.8, 4) is 0 Å². The van der Waals surface area contributed by atoms with E-state index in [9.17, 15) is 4.79 Å². The zero-order valence-corrected chi connectivity index (χ0v) is 3.66. The summed E-state index contributed by atoms with van der Waals surface area (Å²) < 4.78 is 3.81.